The molecule has 0 spiro atoms. The van der Waals surface area contributed by atoms with Crippen LogP contribution in [-0.2, 0) is 4.79 Å². The molecule has 0 saturated heterocycles. The highest BCUT2D eigenvalue weighted by Gasteiger charge is 2.14. The largest absolute Gasteiger partial charge is 0.361 e. The van der Waals surface area contributed by atoms with E-state index in [1.807, 2.05) is 32.0 Å². The number of carbonyl (C=O) groups is 1. The molecule has 0 radical (unpaired) electrons. The lowest BCUT2D eigenvalue weighted by molar-refractivity contribution is -0.116. The molecule has 0 aliphatic carbocycles. The van der Waals surface area contributed by atoms with Crippen LogP contribution in [0.15, 0.2) is 49.1 Å². The highest BCUT2D eigenvalue weighted by atomic mass is 16.2. The monoisotopic (exact) mass is 348 g/mol. The van der Waals surface area contributed by atoms with Crippen molar-refractivity contribution in [2.24, 2.45) is 0 Å². The maximum absolute atomic E-state index is 12.5. The van der Waals surface area contributed by atoms with Crippen LogP contribution in [0.5, 0.6) is 0 Å². The average molecular weight is 348 g/mol. The second-order valence-electron chi connectivity index (χ2n) is 5.86. The second-order valence-corrected chi connectivity index (χ2v) is 5.86. The van der Waals surface area contributed by atoms with E-state index in [0.29, 0.717) is 11.6 Å². The smallest absolute Gasteiger partial charge is 0.246 e. The molecule has 0 unspecified atom stereocenters. The number of carbonyl (C=O) groups excluding carboxylic acids is 1. The summed E-state index contributed by atoms with van der Waals surface area (Å²) in [5.41, 5.74) is 3.40. The van der Waals surface area contributed by atoms with Gasteiger partial charge in [-0.05, 0) is 38.1 Å². The van der Waals surface area contributed by atoms with E-state index in [0.717, 1.165) is 22.5 Å². The zero-order valence-corrected chi connectivity index (χ0v) is 15.0. The van der Waals surface area contributed by atoms with Crippen LogP contribution in [0, 0.1) is 13.8 Å². The highest BCUT2D eigenvalue weighted by molar-refractivity contribution is 5.95. The summed E-state index contributed by atoms with van der Waals surface area (Å²) in [6, 6.07) is 7.35. The van der Waals surface area contributed by atoms with Gasteiger partial charge in [0.25, 0.3) is 0 Å². The molecule has 3 rings (SSSR count). The Kier molecular flexibility index (Phi) is 5.17. The van der Waals surface area contributed by atoms with E-state index in [9.17, 15) is 4.79 Å². The van der Waals surface area contributed by atoms with Gasteiger partial charge in [0.15, 0.2) is 5.82 Å². The number of pyridine rings is 2. The van der Waals surface area contributed by atoms with Crippen molar-refractivity contribution in [2.75, 3.05) is 23.8 Å². The predicted octanol–water partition coefficient (Wildman–Crippen LogP) is 2.63. The Hall–Kier alpha value is -3.35. The Balaban J connectivity index is 1.77. The molecule has 3 aromatic rings. The van der Waals surface area contributed by atoms with E-state index >= 15 is 0 Å². The fraction of sp³-hybridized carbons (Fsp3) is 0.211. The summed E-state index contributed by atoms with van der Waals surface area (Å²) in [5, 5.41) is 3.14. The number of hydrogen-bond acceptors (Lipinski definition) is 6. The van der Waals surface area contributed by atoms with Crippen molar-refractivity contribution in [2.45, 2.75) is 13.8 Å². The van der Waals surface area contributed by atoms with Gasteiger partial charge in [0.2, 0.25) is 5.91 Å². The van der Waals surface area contributed by atoms with Gasteiger partial charge >= 0.3 is 0 Å². The van der Waals surface area contributed by atoms with Crippen LogP contribution in [0.2, 0.25) is 0 Å². The molecular formula is C19H20N6O. The Morgan fingerprint density at radius 1 is 1.08 bits per heavy atom. The first-order valence-electron chi connectivity index (χ1n) is 8.22. The summed E-state index contributed by atoms with van der Waals surface area (Å²) < 4.78 is 0. The van der Waals surface area contributed by atoms with Crippen molar-refractivity contribution in [3.05, 3.63) is 60.3 Å². The summed E-state index contributed by atoms with van der Waals surface area (Å²) in [5.74, 6) is 1.17. The normalized spacial score (nSPS) is 10.4. The fourth-order valence-electron chi connectivity index (χ4n) is 2.41. The van der Waals surface area contributed by atoms with Crippen molar-refractivity contribution in [3.8, 4) is 11.4 Å². The van der Waals surface area contributed by atoms with Crippen molar-refractivity contribution < 1.29 is 4.79 Å². The van der Waals surface area contributed by atoms with E-state index in [1.54, 1.807) is 42.8 Å². The molecule has 0 aromatic carbocycles. The van der Waals surface area contributed by atoms with Gasteiger partial charge in [-0.15, -0.1) is 0 Å². The van der Waals surface area contributed by atoms with Gasteiger partial charge in [-0.1, -0.05) is 0 Å². The van der Waals surface area contributed by atoms with Gasteiger partial charge in [-0.2, -0.15) is 0 Å². The molecule has 26 heavy (non-hydrogen) atoms. The molecule has 0 aliphatic heterocycles. The summed E-state index contributed by atoms with van der Waals surface area (Å²) in [6.45, 7) is 3.98. The Morgan fingerprint density at radius 3 is 2.54 bits per heavy atom. The van der Waals surface area contributed by atoms with Crippen LogP contribution >= 0.6 is 0 Å². The molecule has 0 aliphatic rings. The molecule has 0 fully saturated rings. The van der Waals surface area contributed by atoms with E-state index < -0.39 is 0 Å². The van der Waals surface area contributed by atoms with Gasteiger partial charge in [-0.25, -0.2) is 9.97 Å². The molecule has 3 aromatic heterocycles. The Labute approximate surface area is 152 Å². The Morgan fingerprint density at radius 2 is 1.85 bits per heavy atom. The van der Waals surface area contributed by atoms with E-state index in [1.165, 1.54) is 0 Å². The van der Waals surface area contributed by atoms with Crippen molar-refractivity contribution in [1.29, 1.82) is 0 Å². The summed E-state index contributed by atoms with van der Waals surface area (Å²) in [4.78, 5) is 31.2. The molecule has 132 valence electrons. The molecule has 7 heteroatoms. The van der Waals surface area contributed by atoms with Gasteiger partial charge in [-0.3, -0.25) is 14.8 Å². The molecule has 0 atom stereocenters. The predicted molar refractivity (Wildman–Crippen MR) is 101 cm³/mol. The molecular weight excluding hydrogens is 328 g/mol. The number of amides is 1. The topological polar surface area (TPSA) is 83.9 Å². The van der Waals surface area contributed by atoms with E-state index in [-0.39, 0.29) is 12.5 Å². The number of nitrogens with zero attached hydrogens (tertiary/aromatic N) is 5. The summed E-state index contributed by atoms with van der Waals surface area (Å²) >= 11 is 0. The van der Waals surface area contributed by atoms with Crippen molar-refractivity contribution in [1.82, 2.24) is 19.9 Å². The SMILES string of the molecule is Cc1nc(-c2ccncc2)nc(NCC(=O)N(C)c2cccnc2)c1C. The van der Waals surface area contributed by atoms with Gasteiger partial charge < -0.3 is 10.2 Å². The first-order valence-corrected chi connectivity index (χ1v) is 8.22. The lowest BCUT2D eigenvalue weighted by Gasteiger charge is -2.18. The molecule has 3 heterocycles. The first-order chi connectivity index (χ1) is 12.6. The maximum Gasteiger partial charge on any atom is 0.246 e. The first kappa shape index (κ1) is 17.5. The van der Waals surface area contributed by atoms with Crippen LogP contribution in [0.3, 0.4) is 0 Å². The van der Waals surface area contributed by atoms with Crippen LogP contribution in [0.4, 0.5) is 11.5 Å². The minimum absolute atomic E-state index is 0.0841. The lowest BCUT2D eigenvalue weighted by Crippen LogP contribution is -2.32. The fourth-order valence-corrected chi connectivity index (χ4v) is 2.41. The third-order valence-corrected chi connectivity index (χ3v) is 4.14. The molecule has 7 nitrogen and oxygen atoms in total. The minimum atomic E-state index is -0.0841. The van der Waals surface area contributed by atoms with Gasteiger partial charge in [0.1, 0.15) is 5.82 Å². The number of aromatic nitrogens is 4. The molecule has 0 bridgehead atoms. The van der Waals surface area contributed by atoms with Gasteiger partial charge in [0, 0.05) is 42.5 Å². The second kappa shape index (κ2) is 7.69. The van der Waals surface area contributed by atoms with Crippen LogP contribution in [-0.4, -0.2) is 39.4 Å². The van der Waals surface area contributed by atoms with E-state index in [4.69, 9.17) is 0 Å². The maximum atomic E-state index is 12.5. The average Bonchev–Trinajstić information content (AvgIpc) is 2.69. The molecule has 0 saturated carbocycles. The quantitative estimate of drug-likeness (QED) is 0.763. The lowest BCUT2D eigenvalue weighted by atomic mass is 10.2. The summed E-state index contributed by atoms with van der Waals surface area (Å²) in [7, 11) is 1.72. The number of hydrogen-bond donors (Lipinski definition) is 1. The summed E-state index contributed by atoms with van der Waals surface area (Å²) in [6.07, 6.45) is 6.73. The Bertz CT molecular complexity index is 899. The zero-order valence-electron chi connectivity index (χ0n) is 15.0. The third kappa shape index (κ3) is 3.83. The van der Waals surface area contributed by atoms with Crippen LogP contribution in [0.1, 0.15) is 11.3 Å². The van der Waals surface area contributed by atoms with Crippen LogP contribution in [0.25, 0.3) is 11.4 Å². The molecule has 1 N–H and O–H groups in total. The highest BCUT2D eigenvalue weighted by Crippen LogP contribution is 2.21. The number of rotatable bonds is 5. The number of aryl methyl sites for hydroxylation is 1. The number of anilines is 2. The minimum Gasteiger partial charge on any atom is -0.361 e. The zero-order chi connectivity index (χ0) is 18.5. The van der Waals surface area contributed by atoms with Crippen molar-refractivity contribution >= 4 is 17.4 Å². The van der Waals surface area contributed by atoms with Crippen molar-refractivity contribution in [3.63, 3.8) is 0 Å². The number of nitrogens with one attached hydrogen (secondary N) is 1. The molecule has 1 amide bonds. The number of likely N-dealkylation sites (N-methyl/N-ethyl adjacent to an activating group) is 1. The van der Waals surface area contributed by atoms with Crippen LogP contribution < -0.4 is 10.2 Å². The van der Waals surface area contributed by atoms with E-state index in [2.05, 4.69) is 25.3 Å². The standard InChI is InChI=1S/C19H20N6O/c1-13-14(2)23-19(15-6-9-20-10-7-15)24-18(13)22-12-17(26)25(3)16-5-4-8-21-11-16/h4-11H,12H2,1-3H3,(H,22,23,24). The van der Waals surface area contributed by atoms with Gasteiger partial charge in [0.05, 0.1) is 18.4 Å². The third-order valence-electron chi connectivity index (χ3n) is 4.14.